The van der Waals surface area contributed by atoms with Crippen molar-refractivity contribution in [2.24, 2.45) is 0 Å². The molecule has 3 aromatic rings. The first-order chi connectivity index (χ1) is 13.8. The number of anilines is 1. The van der Waals surface area contributed by atoms with E-state index in [1.54, 1.807) is 66.7 Å². The van der Waals surface area contributed by atoms with E-state index in [-0.39, 0.29) is 10.7 Å². The van der Waals surface area contributed by atoms with Crippen molar-refractivity contribution in [2.75, 3.05) is 18.9 Å². The molecule has 0 aliphatic heterocycles. The number of sulfonamides is 1. The Morgan fingerprint density at radius 3 is 1.97 bits per heavy atom. The van der Waals surface area contributed by atoms with Crippen LogP contribution >= 0.6 is 0 Å². The molecule has 150 valence electrons. The van der Waals surface area contributed by atoms with Gasteiger partial charge in [-0.1, -0.05) is 17.7 Å². The fourth-order valence-electron chi connectivity index (χ4n) is 2.77. The summed E-state index contributed by atoms with van der Waals surface area (Å²) in [6.45, 7) is 1.89. The molecular weight excluding hydrogens is 390 g/mol. The van der Waals surface area contributed by atoms with Gasteiger partial charge < -0.3 is 9.47 Å². The number of ether oxygens (including phenoxy) is 2. The highest BCUT2D eigenvalue weighted by Gasteiger charge is 2.16. The number of rotatable bonds is 7. The van der Waals surface area contributed by atoms with Crippen molar-refractivity contribution in [2.45, 2.75) is 11.8 Å². The maximum atomic E-state index is 12.7. The van der Waals surface area contributed by atoms with Crippen LogP contribution in [0.15, 0.2) is 71.6 Å². The number of methoxy groups -OCH3 is 2. The third-order valence-corrected chi connectivity index (χ3v) is 5.77. The van der Waals surface area contributed by atoms with Gasteiger partial charge in [-0.2, -0.15) is 0 Å². The number of hydrogen-bond donors (Lipinski definition) is 1. The summed E-state index contributed by atoms with van der Waals surface area (Å²) in [6, 6.07) is 17.7. The smallest absolute Gasteiger partial charge is 0.261 e. The maximum absolute atomic E-state index is 12.7. The fraction of sp³-hybridized carbons (Fsp3) is 0.136. The summed E-state index contributed by atoms with van der Waals surface area (Å²) in [5, 5.41) is 0. The lowest BCUT2D eigenvalue weighted by Crippen LogP contribution is -2.13. The molecule has 1 N–H and O–H groups in total. The molecule has 0 unspecified atom stereocenters. The first kappa shape index (κ1) is 20.4. The van der Waals surface area contributed by atoms with Crippen molar-refractivity contribution in [3.63, 3.8) is 0 Å². The van der Waals surface area contributed by atoms with Crippen LogP contribution in [-0.2, 0) is 10.0 Å². The van der Waals surface area contributed by atoms with E-state index in [1.807, 2.05) is 6.92 Å². The average molecular weight is 411 g/mol. The molecule has 0 heterocycles. The Hall–Kier alpha value is -3.32. The van der Waals surface area contributed by atoms with Crippen molar-refractivity contribution < 1.29 is 22.7 Å². The second-order valence-electron chi connectivity index (χ2n) is 6.39. The molecular formula is C22H21NO5S. The highest BCUT2D eigenvalue weighted by atomic mass is 32.2. The van der Waals surface area contributed by atoms with Gasteiger partial charge in [0.1, 0.15) is 0 Å². The molecule has 0 aromatic heterocycles. The number of nitrogens with one attached hydrogen (secondary N) is 1. The van der Waals surface area contributed by atoms with Crippen molar-refractivity contribution >= 4 is 21.5 Å². The van der Waals surface area contributed by atoms with Crippen LogP contribution in [-0.4, -0.2) is 28.4 Å². The zero-order valence-corrected chi connectivity index (χ0v) is 17.1. The Morgan fingerprint density at radius 2 is 1.38 bits per heavy atom. The van der Waals surface area contributed by atoms with E-state index in [0.29, 0.717) is 28.3 Å². The number of carbonyl (C=O) groups excluding carboxylic acids is 1. The molecule has 3 aromatic carbocycles. The molecule has 0 amide bonds. The zero-order valence-electron chi connectivity index (χ0n) is 16.3. The normalized spacial score (nSPS) is 11.0. The first-order valence-electron chi connectivity index (χ1n) is 8.80. The van der Waals surface area contributed by atoms with Gasteiger partial charge in [-0.3, -0.25) is 9.52 Å². The molecule has 0 aliphatic rings. The highest BCUT2D eigenvalue weighted by Crippen LogP contribution is 2.28. The van der Waals surface area contributed by atoms with Crippen molar-refractivity contribution in [1.82, 2.24) is 0 Å². The zero-order chi connectivity index (χ0) is 21.0. The molecule has 0 atom stereocenters. The molecule has 6 nitrogen and oxygen atoms in total. The van der Waals surface area contributed by atoms with Crippen molar-refractivity contribution in [3.05, 3.63) is 83.4 Å². The first-order valence-corrected chi connectivity index (χ1v) is 10.3. The minimum absolute atomic E-state index is 0.175. The van der Waals surface area contributed by atoms with Crippen molar-refractivity contribution in [3.8, 4) is 11.5 Å². The quantitative estimate of drug-likeness (QED) is 0.593. The van der Waals surface area contributed by atoms with E-state index in [0.717, 1.165) is 5.56 Å². The van der Waals surface area contributed by atoms with Crippen LogP contribution in [0.3, 0.4) is 0 Å². The van der Waals surface area contributed by atoms with Crippen LogP contribution in [0.1, 0.15) is 21.5 Å². The van der Waals surface area contributed by atoms with Gasteiger partial charge in [0, 0.05) is 16.8 Å². The number of ketones is 1. The van der Waals surface area contributed by atoms with Crippen molar-refractivity contribution in [1.29, 1.82) is 0 Å². The van der Waals surface area contributed by atoms with Gasteiger partial charge in [0.05, 0.1) is 19.1 Å². The van der Waals surface area contributed by atoms with Gasteiger partial charge >= 0.3 is 0 Å². The van der Waals surface area contributed by atoms with Crippen LogP contribution in [0.5, 0.6) is 11.5 Å². The lowest BCUT2D eigenvalue weighted by atomic mass is 10.0. The fourth-order valence-corrected chi connectivity index (χ4v) is 3.82. The van der Waals surface area contributed by atoms with Gasteiger partial charge in [0.25, 0.3) is 10.0 Å². The van der Waals surface area contributed by atoms with E-state index in [9.17, 15) is 13.2 Å². The van der Waals surface area contributed by atoms with Crippen LogP contribution < -0.4 is 14.2 Å². The SMILES string of the molecule is COc1ccc(C(=O)c2ccc(NS(=O)(=O)c3ccc(C)cc3)cc2)cc1OC. The molecule has 3 rings (SSSR count). The van der Waals surface area contributed by atoms with Gasteiger partial charge in [0.2, 0.25) is 0 Å². The van der Waals surface area contributed by atoms with Crippen LogP contribution in [0.2, 0.25) is 0 Å². The molecule has 7 heteroatoms. The predicted molar refractivity (Wildman–Crippen MR) is 111 cm³/mol. The Morgan fingerprint density at radius 1 is 0.793 bits per heavy atom. The van der Waals surface area contributed by atoms with E-state index in [2.05, 4.69) is 4.72 Å². The number of hydrogen-bond acceptors (Lipinski definition) is 5. The second-order valence-corrected chi connectivity index (χ2v) is 8.08. The third-order valence-electron chi connectivity index (χ3n) is 4.38. The van der Waals surface area contributed by atoms with Crippen LogP contribution in [0.25, 0.3) is 0 Å². The van der Waals surface area contributed by atoms with Crippen LogP contribution in [0.4, 0.5) is 5.69 Å². The monoisotopic (exact) mass is 411 g/mol. The molecule has 0 saturated heterocycles. The lowest BCUT2D eigenvalue weighted by molar-refractivity contribution is 0.103. The summed E-state index contributed by atoms with van der Waals surface area (Å²) < 4.78 is 37.9. The topological polar surface area (TPSA) is 81.7 Å². The van der Waals surface area contributed by atoms with E-state index in [1.165, 1.54) is 14.2 Å². The Labute approximate surface area is 170 Å². The summed E-state index contributed by atoms with van der Waals surface area (Å²) >= 11 is 0. The number of benzene rings is 3. The summed E-state index contributed by atoms with van der Waals surface area (Å²) in [4.78, 5) is 12.9. The molecule has 0 spiro atoms. The van der Waals surface area contributed by atoms with Gasteiger partial charge in [-0.05, 0) is 61.5 Å². The summed E-state index contributed by atoms with van der Waals surface area (Å²) in [6.07, 6.45) is 0. The minimum Gasteiger partial charge on any atom is -0.493 e. The van der Waals surface area contributed by atoms with E-state index >= 15 is 0 Å². The molecule has 0 bridgehead atoms. The van der Waals surface area contributed by atoms with Crippen LogP contribution in [0, 0.1) is 6.92 Å². The minimum atomic E-state index is -3.70. The van der Waals surface area contributed by atoms with E-state index in [4.69, 9.17) is 9.47 Å². The Bertz CT molecular complexity index is 1120. The van der Waals surface area contributed by atoms with E-state index < -0.39 is 10.0 Å². The standard InChI is InChI=1S/C22H21NO5S/c1-15-4-11-19(12-5-15)29(25,26)23-18-9-6-16(7-10-18)22(24)17-8-13-20(27-2)21(14-17)28-3/h4-14,23H,1-3H3. The summed E-state index contributed by atoms with van der Waals surface area (Å²) in [5.41, 5.74) is 2.21. The second kappa shape index (κ2) is 8.36. The van der Waals surface area contributed by atoms with Gasteiger partial charge in [-0.15, -0.1) is 0 Å². The molecule has 0 radical (unpaired) electrons. The molecule has 29 heavy (non-hydrogen) atoms. The van der Waals surface area contributed by atoms with Gasteiger partial charge in [-0.25, -0.2) is 8.42 Å². The third kappa shape index (κ3) is 4.57. The highest BCUT2D eigenvalue weighted by molar-refractivity contribution is 7.92. The Balaban J connectivity index is 1.79. The Kier molecular flexibility index (Phi) is 5.89. The average Bonchev–Trinajstić information content (AvgIpc) is 2.73. The molecule has 0 fully saturated rings. The number of aryl methyl sites for hydroxylation is 1. The lowest BCUT2D eigenvalue weighted by Gasteiger charge is -2.10. The molecule has 0 aliphatic carbocycles. The summed E-state index contributed by atoms with van der Waals surface area (Å²) in [5.74, 6) is 0.782. The molecule has 0 saturated carbocycles. The largest absolute Gasteiger partial charge is 0.493 e. The van der Waals surface area contributed by atoms with Gasteiger partial charge in [0.15, 0.2) is 17.3 Å². The number of carbonyl (C=O) groups is 1. The maximum Gasteiger partial charge on any atom is 0.261 e. The predicted octanol–water partition coefficient (Wildman–Crippen LogP) is 4.04. The summed E-state index contributed by atoms with van der Waals surface area (Å²) in [7, 11) is -0.673.